The molecule has 0 atom stereocenters. The van der Waals surface area contributed by atoms with E-state index in [2.05, 4.69) is 23.4 Å². The van der Waals surface area contributed by atoms with Crippen LogP contribution in [0.5, 0.6) is 11.5 Å². The van der Waals surface area contributed by atoms with Crippen molar-refractivity contribution in [3.8, 4) is 50.9 Å². The molecule has 0 saturated heterocycles. The Kier molecular flexibility index (Phi) is 4.78. The van der Waals surface area contributed by atoms with Crippen LogP contribution in [0.1, 0.15) is 155 Å². The number of fused-ring (bicyclic) bond motifs is 6. The molecule has 7 aromatic carbocycles. The first-order valence-corrected chi connectivity index (χ1v) is 21.2. The fourth-order valence-electron chi connectivity index (χ4n) is 8.83. The van der Waals surface area contributed by atoms with E-state index in [1.54, 1.807) is 36.5 Å². The molecule has 0 unspecified atom stereocenters. The van der Waals surface area contributed by atoms with Crippen molar-refractivity contribution < 1.29 is 82.5 Å². The summed E-state index contributed by atoms with van der Waals surface area (Å²) in [6, 6.07) is 24.9. The van der Waals surface area contributed by atoms with Crippen molar-refractivity contribution in [2.75, 3.05) is 0 Å². The van der Waals surface area contributed by atoms with E-state index in [0.29, 0.717) is 11.3 Å². The van der Waals surface area contributed by atoms with Gasteiger partial charge in [-0.25, -0.2) is 4.98 Å². The van der Waals surface area contributed by atoms with Crippen molar-refractivity contribution in [1.82, 2.24) is 14.1 Å². The molecule has 3 heterocycles. The zero-order valence-corrected chi connectivity index (χ0v) is 38.3. The summed E-state index contributed by atoms with van der Waals surface area (Å²) >= 11 is 0. The van der Waals surface area contributed by atoms with Gasteiger partial charge in [-0.2, -0.15) is 18.2 Å². The Hall–Kier alpha value is -6.55. The van der Waals surface area contributed by atoms with E-state index in [1.807, 2.05) is 28.8 Å². The topological polar surface area (TPSA) is 35.9 Å². The molecule has 70 heavy (non-hydrogen) atoms. The predicted octanol–water partition coefficient (Wildman–Crippen LogP) is 15.6. The van der Waals surface area contributed by atoms with Crippen LogP contribution in [0.2, 0.25) is 0 Å². The van der Waals surface area contributed by atoms with Gasteiger partial charge in [0.15, 0.2) is 0 Å². The predicted molar refractivity (Wildman–Crippen MR) is 281 cm³/mol. The average Bonchev–Trinajstić information content (AvgIpc) is 0.701. The van der Waals surface area contributed by atoms with E-state index in [4.69, 9.17) is 37.6 Å². The van der Waals surface area contributed by atoms with E-state index in [0.717, 1.165) is 39.1 Å². The number of hydrogen-bond donors (Lipinski definition) is 0. The molecule has 10 aromatic rings. The third-order valence-corrected chi connectivity index (χ3v) is 12.0. The number of nitrogens with zero attached hydrogens (tertiary/aromatic N) is 4. The number of pyridine rings is 1. The summed E-state index contributed by atoms with van der Waals surface area (Å²) in [5, 5.41) is 1.61. The fraction of sp³-hybridized carbons (Fsp3) is 0.250. The number of benzene rings is 7. The number of para-hydroxylation sites is 4. The number of hydrogen-bond acceptors (Lipinski definition) is 2. The first-order chi connectivity index (χ1) is 48.8. The third-order valence-electron chi connectivity index (χ3n) is 12.0. The van der Waals surface area contributed by atoms with Gasteiger partial charge in [-0.3, -0.25) is 4.57 Å². The molecule has 0 aliphatic heterocycles. The minimum Gasteiger partial charge on any atom is -0.510 e. The molecule has 2 aliphatic carbocycles. The maximum atomic E-state index is 10.3. The zero-order valence-electron chi connectivity index (χ0n) is 74.1. The van der Waals surface area contributed by atoms with E-state index in [9.17, 15) is 19.2 Å². The third kappa shape index (κ3) is 7.55. The summed E-state index contributed by atoms with van der Waals surface area (Å²) in [6.45, 7) is -36.4. The molecule has 12 rings (SSSR count). The van der Waals surface area contributed by atoms with E-state index < -0.39 is 188 Å². The van der Waals surface area contributed by atoms with Gasteiger partial charge < -0.3 is 13.9 Å². The van der Waals surface area contributed by atoms with Gasteiger partial charge in [-0.1, -0.05) is 163 Å². The Balaban J connectivity index is 0.0000116. The van der Waals surface area contributed by atoms with Crippen LogP contribution in [0.25, 0.3) is 72.3 Å². The van der Waals surface area contributed by atoms with Crippen LogP contribution in [-0.4, -0.2) is 14.1 Å². The van der Waals surface area contributed by atoms with Gasteiger partial charge in [-0.15, -0.1) is 29.7 Å². The first kappa shape index (κ1) is 19.9. The SMILES string of the molecule is [2H]c1c([2H])c2c(c([2H])c1-c1cccc(-c3c([2H])c([2H])c4c(c3[2H])C(C([2H])([2H])[2H])(C([2H])([2H])[2H])C([2H])([2H])C([2H])([2H])C4(C([2H])([2H])[2H])C([2H])([2H])[2H])c1-[n+]1[c-]n(-c3[c-]c(Oc4[c-]c5c(cc4)c4ccccc4n5-c4ccccn4)ccc3)c3ccccc31)C(C([2H])([2H])[2H])(C([2H])([2H])[2H])C([2H])([2H])C([2H])([2H])C2(C([2H])([2H])[2H])C([2H])([2H])[2H].[Pt]. The molecular formula is C64H58N4OPt-2. The van der Waals surface area contributed by atoms with Crippen molar-refractivity contribution in [1.29, 1.82) is 0 Å². The second-order valence-electron chi connectivity index (χ2n) is 16.6. The van der Waals surface area contributed by atoms with E-state index in [-0.39, 0.29) is 49.3 Å². The van der Waals surface area contributed by atoms with Crippen molar-refractivity contribution in [3.63, 3.8) is 0 Å². The normalized spacial score (nSPS) is 28.7. The molecular weight excluding hydrogens is 1040 g/mol. The van der Waals surface area contributed by atoms with Crippen LogP contribution in [-0.2, 0) is 42.7 Å². The second-order valence-corrected chi connectivity index (χ2v) is 16.6. The Labute approximate surface area is 480 Å². The van der Waals surface area contributed by atoms with E-state index >= 15 is 0 Å². The van der Waals surface area contributed by atoms with Crippen LogP contribution in [0.4, 0.5) is 0 Å². The van der Waals surface area contributed by atoms with Crippen LogP contribution in [0.3, 0.4) is 0 Å². The summed E-state index contributed by atoms with van der Waals surface area (Å²) in [5.74, 6) is 0.646. The molecule has 0 amide bonds. The van der Waals surface area contributed by atoms with Crippen LogP contribution in [0.15, 0.2) is 158 Å². The van der Waals surface area contributed by atoms with Gasteiger partial charge >= 0.3 is 0 Å². The van der Waals surface area contributed by atoms with Crippen LogP contribution >= 0.6 is 0 Å². The fourth-order valence-corrected chi connectivity index (χ4v) is 8.83. The second kappa shape index (κ2) is 16.8. The van der Waals surface area contributed by atoms with E-state index in [1.165, 1.54) is 47.0 Å². The Morgan fingerprint density at radius 2 is 1.17 bits per heavy atom. The maximum Gasteiger partial charge on any atom is 0.268 e. The monoisotopic (exact) mass is 1130 g/mol. The molecule has 0 fully saturated rings. The number of rotatable bonds is 7. The van der Waals surface area contributed by atoms with Gasteiger partial charge in [0.25, 0.3) is 6.33 Å². The summed E-state index contributed by atoms with van der Waals surface area (Å²) in [6.07, 6.45) is -14.6. The van der Waals surface area contributed by atoms with Crippen LogP contribution < -0.4 is 9.30 Å². The largest absolute Gasteiger partial charge is 0.510 e. The maximum absolute atomic E-state index is 10.3. The summed E-state index contributed by atoms with van der Waals surface area (Å²) in [5.41, 5.74) is -30.5. The smallest absolute Gasteiger partial charge is 0.268 e. The minimum atomic E-state index is -4.85. The van der Waals surface area contributed by atoms with Gasteiger partial charge in [-0.05, 0) is 121 Å². The zero-order chi connectivity index (χ0) is 79.8. The molecule has 5 nitrogen and oxygen atoms in total. The standard InChI is InChI=1S/C64H58N4O.Pt/c1-61(2)32-34-63(5,6)53-37-42(26-30-51(53)61)47-20-16-21-48(43-27-31-52-54(38-43)64(7,8)35-33-62(52,3)4)60(47)67-41-66(56-23-11-12-24-57(56)67)44-17-15-18-45(39-44)69-46-28-29-50-49-19-9-10-22-55(49)68(58(50)40-46)59-25-13-14-36-65-59;/h9-31,36-38H,32-35H2,1-8H3;/q-2;/i1D3,2D3,3D3,4D3,5D3,6D3,7D3,8D3,26D,27D,30D,31D,32D2,33D2,34D2,35D2,37D,38D;. The Morgan fingerprint density at radius 1 is 0.586 bits per heavy atom. The Morgan fingerprint density at radius 3 is 1.81 bits per heavy atom. The molecule has 0 radical (unpaired) electrons. The molecule has 0 N–H and O–H groups in total. The van der Waals surface area contributed by atoms with Crippen LogP contribution in [0, 0.1) is 18.5 Å². The van der Waals surface area contributed by atoms with Crippen molar-refractivity contribution in [3.05, 3.63) is 198 Å². The average molecular weight is 1130 g/mol. The van der Waals surface area contributed by atoms with Crippen molar-refractivity contribution >= 4 is 32.8 Å². The molecule has 3 aromatic heterocycles. The van der Waals surface area contributed by atoms with Gasteiger partial charge in [0.1, 0.15) is 5.82 Å². The summed E-state index contributed by atoms with van der Waals surface area (Å²) < 4.78 is 361. The molecule has 2 aliphatic rings. The number of imidazole rings is 1. The molecule has 352 valence electrons. The summed E-state index contributed by atoms with van der Waals surface area (Å²) in [7, 11) is 0. The molecule has 0 bridgehead atoms. The summed E-state index contributed by atoms with van der Waals surface area (Å²) in [4.78, 5) is 4.57. The van der Waals surface area contributed by atoms with Crippen molar-refractivity contribution in [2.45, 2.75) is 102 Å². The van der Waals surface area contributed by atoms with Gasteiger partial charge in [0, 0.05) is 88.1 Å². The van der Waals surface area contributed by atoms with Gasteiger partial charge in [0.05, 0.1) is 24.9 Å². The minimum absolute atomic E-state index is 0. The quantitative estimate of drug-likeness (QED) is 0.118. The number of ether oxygens (including phenoxy) is 1. The molecule has 0 saturated carbocycles. The molecule has 6 heteroatoms. The van der Waals surface area contributed by atoms with Gasteiger partial charge in [0.2, 0.25) is 0 Å². The molecule has 0 spiro atoms. The van der Waals surface area contributed by atoms with Crippen molar-refractivity contribution in [2.24, 2.45) is 0 Å². The first-order valence-electron chi connectivity index (χ1n) is 40.2. The Bertz CT molecular complexity index is 5080. The number of aromatic nitrogens is 4.